The number of hydrogen-bond donors (Lipinski definition) is 1. The monoisotopic (exact) mass is 365 g/mol. The van der Waals surface area contributed by atoms with Crippen LogP contribution in [0.25, 0.3) is 0 Å². The minimum atomic E-state index is -0.681. The van der Waals surface area contributed by atoms with Crippen molar-refractivity contribution in [2.75, 3.05) is 33.9 Å². The Balaban J connectivity index is 2.08. The number of methoxy groups -OCH3 is 2. The van der Waals surface area contributed by atoms with Gasteiger partial charge in [-0.1, -0.05) is 13.3 Å². The summed E-state index contributed by atoms with van der Waals surface area (Å²) in [6.07, 6.45) is 4.28. The molecule has 6 nitrogen and oxygen atoms in total. The molecule has 2 aliphatic heterocycles. The van der Waals surface area contributed by atoms with Crippen molar-refractivity contribution in [2.24, 2.45) is 0 Å². The van der Waals surface area contributed by atoms with Crippen molar-refractivity contribution in [1.82, 2.24) is 4.90 Å². The van der Waals surface area contributed by atoms with Crippen molar-refractivity contribution in [3.05, 3.63) is 11.1 Å². The molecule has 26 heavy (non-hydrogen) atoms. The number of fused-ring (bicyclic) bond motifs is 1. The van der Waals surface area contributed by atoms with E-state index < -0.39 is 6.10 Å². The molecule has 0 spiro atoms. The van der Waals surface area contributed by atoms with E-state index in [1.807, 2.05) is 13.8 Å². The maximum absolute atomic E-state index is 10.6. The Hall–Kier alpha value is -1.66. The molecule has 2 aliphatic rings. The predicted octanol–water partition coefficient (Wildman–Crippen LogP) is 3.29. The van der Waals surface area contributed by atoms with Gasteiger partial charge in [-0.05, 0) is 26.2 Å². The predicted molar refractivity (Wildman–Crippen MR) is 99.5 cm³/mol. The Morgan fingerprint density at radius 1 is 1.08 bits per heavy atom. The molecule has 1 fully saturated rings. The Bertz CT molecular complexity index is 627. The van der Waals surface area contributed by atoms with Crippen molar-refractivity contribution in [1.29, 1.82) is 0 Å². The van der Waals surface area contributed by atoms with Gasteiger partial charge in [0.1, 0.15) is 5.75 Å². The Kier molecular flexibility index (Phi) is 6.14. The van der Waals surface area contributed by atoms with Gasteiger partial charge in [-0.2, -0.15) is 0 Å². The van der Waals surface area contributed by atoms with Crippen LogP contribution in [0.5, 0.6) is 23.0 Å². The lowest BCUT2D eigenvalue weighted by Crippen LogP contribution is -2.41. The SMILES string of the molecule is CCOc1c(OC)c2c(c(OC)c1C(O)CC)CC(N1CCCCC1)O2. The van der Waals surface area contributed by atoms with Crippen molar-refractivity contribution in [3.63, 3.8) is 0 Å². The molecule has 2 atom stereocenters. The lowest BCUT2D eigenvalue weighted by atomic mass is 9.97. The zero-order chi connectivity index (χ0) is 18.7. The van der Waals surface area contributed by atoms with E-state index in [-0.39, 0.29) is 6.23 Å². The molecule has 0 bridgehead atoms. The molecule has 1 aromatic carbocycles. The summed E-state index contributed by atoms with van der Waals surface area (Å²) in [6.45, 7) is 6.42. The topological polar surface area (TPSA) is 60.4 Å². The van der Waals surface area contributed by atoms with Gasteiger partial charge in [0.2, 0.25) is 5.75 Å². The van der Waals surface area contributed by atoms with E-state index in [0.29, 0.717) is 41.6 Å². The van der Waals surface area contributed by atoms with Gasteiger partial charge < -0.3 is 24.1 Å². The molecule has 146 valence electrons. The van der Waals surface area contributed by atoms with Gasteiger partial charge in [-0.25, -0.2) is 0 Å². The molecule has 0 amide bonds. The molecule has 2 unspecified atom stereocenters. The minimum absolute atomic E-state index is 0.0170. The van der Waals surface area contributed by atoms with Gasteiger partial charge in [0.15, 0.2) is 17.7 Å². The van der Waals surface area contributed by atoms with Crippen LogP contribution in [0.2, 0.25) is 0 Å². The van der Waals surface area contributed by atoms with Gasteiger partial charge in [0.25, 0.3) is 0 Å². The summed E-state index contributed by atoms with van der Waals surface area (Å²) in [4.78, 5) is 2.39. The van der Waals surface area contributed by atoms with Crippen LogP contribution in [0.4, 0.5) is 0 Å². The maximum atomic E-state index is 10.6. The number of hydrogen-bond acceptors (Lipinski definition) is 6. The third-order valence-electron chi connectivity index (χ3n) is 5.30. The van der Waals surface area contributed by atoms with Crippen LogP contribution < -0.4 is 18.9 Å². The zero-order valence-corrected chi connectivity index (χ0v) is 16.3. The fraction of sp³-hybridized carbons (Fsp3) is 0.700. The molecule has 6 heteroatoms. The van der Waals surface area contributed by atoms with Crippen LogP contribution in [0.1, 0.15) is 56.8 Å². The number of likely N-dealkylation sites (tertiary alicyclic amines) is 1. The van der Waals surface area contributed by atoms with Crippen molar-refractivity contribution in [2.45, 2.75) is 58.3 Å². The third-order valence-corrected chi connectivity index (χ3v) is 5.30. The third kappa shape index (κ3) is 3.32. The molecule has 1 aromatic rings. The van der Waals surface area contributed by atoms with E-state index in [4.69, 9.17) is 18.9 Å². The van der Waals surface area contributed by atoms with Gasteiger partial charge in [-0.3, -0.25) is 4.90 Å². The van der Waals surface area contributed by atoms with E-state index in [1.165, 1.54) is 19.3 Å². The van der Waals surface area contributed by atoms with Crippen LogP contribution >= 0.6 is 0 Å². The minimum Gasteiger partial charge on any atom is -0.496 e. The van der Waals surface area contributed by atoms with Crippen LogP contribution in [0, 0.1) is 0 Å². The van der Waals surface area contributed by atoms with E-state index in [0.717, 1.165) is 25.1 Å². The molecule has 2 heterocycles. The van der Waals surface area contributed by atoms with Crippen LogP contribution in [0.3, 0.4) is 0 Å². The first-order valence-electron chi connectivity index (χ1n) is 9.68. The summed E-state index contributed by atoms with van der Waals surface area (Å²) in [5.41, 5.74) is 1.63. The first-order chi connectivity index (χ1) is 12.7. The fourth-order valence-corrected chi connectivity index (χ4v) is 4.02. The molecule has 0 aromatic heterocycles. The average molecular weight is 365 g/mol. The fourth-order valence-electron chi connectivity index (χ4n) is 4.02. The largest absolute Gasteiger partial charge is 0.496 e. The highest BCUT2D eigenvalue weighted by atomic mass is 16.6. The second kappa shape index (κ2) is 8.35. The highest BCUT2D eigenvalue weighted by Crippen LogP contribution is 2.54. The first kappa shape index (κ1) is 19.1. The second-order valence-electron chi connectivity index (χ2n) is 6.85. The number of benzene rings is 1. The van der Waals surface area contributed by atoms with E-state index in [2.05, 4.69) is 4.90 Å². The van der Waals surface area contributed by atoms with Crippen LogP contribution in [-0.2, 0) is 6.42 Å². The highest BCUT2D eigenvalue weighted by molar-refractivity contribution is 5.68. The smallest absolute Gasteiger partial charge is 0.204 e. The van der Waals surface area contributed by atoms with Gasteiger partial charge in [0, 0.05) is 25.1 Å². The summed E-state index contributed by atoms with van der Waals surface area (Å²) in [6, 6.07) is 0. The lowest BCUT2D eigenvalue weighted by Gasteiger charge is -2.31. The van der Waals surface area contributed by atoms with Crippen LogP contribution in [-0.4, -0.2) is 50.2 Å². The Morgan fingerprint density at radius 2 is 1.77 bits per heavy atom. The lowest BCUT2D eigenvalue weighted by molar-refractivity contribution is 0.0272. The zero-order valence-electron chi connectivity index (χ0n) is 16.3. The number of piperidine rings is 1. The summed E-state index contributed by atoms with van der Waals surface area (Å²) >= 11 is 0. The van der Waals surface area contributed by atoms with E-state index >= 15 is 0 Å². The summed E-state index contributed by atoms with van der Waals surface area (Å²) in [5.74, 6) is 2.44. The maximum Gasteiger partial charge on any atom is 0.204 e. The molecule has 1 N–H and O–H groups in total. The Morgan fingerprint density at radius 3 is 2.35 bits per heavy atom. The van der Waals surface area contributed by atoms with E-state index in [1.54, 1.807) is 14.2 Å². The summed E-state index contributed by atoms with van der Waals surface area (Å²) in [7, 11) is 3.25. The molecular weight excluding hydrogens is 334 g/mol. The quantitative estimate of drug-likeness (QED) is 0.800. The highest BCUT2D eigenvalue weighted by Gasteiger charge is 2.39. The van der Waals surface area contributed by atoms with Crippen molar-refractivity contribution < 1.29 is 24.1 Å². The summed E-state index contributed by atoms with van der Waals surface area (Å²) in [5, 5.41) is 10.6. The van der Waals surface area contributed by atoms with Gasteiger partial charge in [-0.15, -0.1) is 0 Å². The average Bonchev–Trinajstić information content (AvgIpc) is 3.12. The van der Waals surface area contributed by atoms with Crippen molar-refractivity contribution >= 4 is 0 Å². The molecular formula is C20H31NO5. The number of rotatable bonds is 7. The molecule has 0 radical (unpaired) electrons. The molecule has 1 saturated heterocycles. The van der Waals surface area contributed by atoms with E-state index in [9.17, 15) is 5.11 Å². The second-order valence-corrected chi connectivity index (χ2v) is 6.85. The number of nitrogens with zero attached hydrogens (tertiary/aromatic N) is 1. The molecule has 3 rings (SSSR count). The number of ether oxygens (including phenoxy) is 4. The summed E-state index contributed by atoms with van der Waals surface area (Å²) < 4.78 is 23.6. The normalized spacial score (nSPS) is 21.0. The van der Waals surface area contributed by atoms with Crippen molar-refractivity contribution in [3.8, 4) is 23.0 Å². The molecule has 0 saturated carbocycles. The first-order valence-corrected chi connectivity index (χ1v) is 9.68. The van der Waals surface area contributed by atoms with Crippen LogP contribution in [0.15, 0.2) is 0 Å². The van der Waals surface area contributed by atoms with Gasteiger partial charge in [0.05, 0.1) is 32.5 Å². The Labute approximate surface area is 156 Å². The standard InChI is InChI=1S/C20H31NO5/c1-5-14(22)16-17(23-3)13-12-15(21-10-8-7-9-11-21)26-18(13)20(24-4)19(16)25-6-2/h14-15,22H,5-12H2,1-4H3. The number of aliphatic hydroxyl groups is 1. The van der Waals surface area contributed by atoms with Gasteiger partial charge >= 0.3 is 0 Å². The number of aliphatic hydroxyl groups excluding tert-OH is 1. The molecule has 0 aliphatic carbocycles.